The molecular weight excluding hydrogens is 406 g/mol. The van der Waals surface area contributed by atoms with E-state index < -0.39 is 11.6 Å². The average Bonchev–Trinajstić information content (AvgIpc) is 2.83. The quantitative estimate of drug-likeness (QED) is 0.415. The Kier molecular flexibility index (Phi) is 8.26. The molecule has 178 valence electrons. The Bertz CT molecular complexity index is 753. The van der Waals surface area contributed by atoms with Crippen LogP contribution in [0.3, 0.4) is 0 Å². The van der Waals surface area contributed by atoms with Gasteiger partial charge in [0.15, 0.2) is 11.6 Å². The summed E-state index contributed by atoms with van der Waals surface area (Å²) in [7, 11) is 0. The Balaban J connectivity index is 1.24. The molecule has 0 aromatic heterocycles. The first-order valence-corrected chi connectivity index (χ1v) is 13.0. The van der Waals surface area contributed by atoms with Gasteiger partial charge in [-0.15, -0.1) is 0 Å². The van der Waals surface area contributed by atoms with Crippen LogP contribution in [0.1, 0.15) is 89.5 Å². The predicted molar refractivity (Wildman–Crippen MR) is 125 cm³/mol. The molecule has 0 radical (unpaired) electrons. The summed E-state index contributed by atoms with van der Waals surface area (Å²) in [6, 6.07) is 3.32. The van der Waals surface area contributed by atoms with Crippen molar-refractivity contribution >= 4 is 0 Å². The minimum Gasteiger partial charge on any atom is -0.491 e. The third kappa shape index (κ3) is 5.38. The zero-order chi connectivity index (χ0) is 22.5. The molecule has 1 heterocycles. The SMILES string of the molecule is C/C=C/C1CCC(C2CCC(C3CCC(c4ccc(OCC)c(F)c4F)CC3)CO2)CC1. The molecule has 2 atom stereocenters. The van der Waals surface area contributed by atoms with Gasteiger partial charge in [-0.25, -0.2) is 4.39 Å². The molecule has 0 bridgehead atoms. The van der Waals surface area contributed by atoms with E-state index >= 15 is 0 Å². The number of hydrogen-bond donors (Lipinski definition) is 0. The van der Waals surface area contributed by atoms with E-state index in [1.165, 1.54) is 38.5 Å². The van der Waals surface area contributed by atoms with Crippen LogP contribution in [0, 0.1) is 35.3 Å². The highest BCUT2D eigenvalue weighted by Gasteiger charge is 2.36. The van der Waals surface area contributed by atoms with Crippen LogP contribution in [0.15, 0.2) is 24.3 Å². The Labute approximate surface area is 192 Å². The third-order valence-electron chi connectivity index (χ3n) is 8.41. The Morgan fingerprint density at radius 2 is 1.56 bits per heavy atom. The molecule has 4 heteroatoms. The summed E-state index contributed by atoms with van der Waals surface area (Å²) in [6.45, 7) is 5.12. The number of ether oxygens (including phenoxy) is 2. The number of benzene rings is 1. The standard InChI is InChI=1S/C28H40F2O2/c1-3-5-19-6-8-22(9-7-19)25-16-14-23(18-32-25)20-10-12-21(13-11-20)24-15-17-26(31-4-2)28(30)27(24)29/h3,5,15,17,19-23,25H,4,6-14,16,18H2,1-2H3/b5-3+. The van der Waals surface area contributed by atoms with Gasteiger partial charge in [-0.3, -0.25) is 0 Å². The van der Waals surface area contributed by atoms with Crippen molar-refractivity contribution in [2.24, 2.45) is 23.7 Å². The summed E-state index contributed by atoms with van der Waals surface area (Å²) in [4.78, 5) is 0. The van der Waals surface area contributed by atoms with Gasteiger partial charge in [0, 0.05) is 0 Å². The molecule has 2 unspecified atom stereocenters. The normalized spacial score (nSPS) is 34.0. The molecule has 1 aliphatic heterocycles. The maximum absolute atomic E-state index is 14.6. The summed E-state index contributed by atoms with van der Waals surface area (Å²) in [5.74, 6) is 1.39. The molecule has 2 aliphatic carbocycles. The molecule has 4 rings (SSSR count). The lowest BCUT2D eigenvalue weighted by Gasteiger charge is -2.41. The van der Waals surface area contributed by atoms with Crippen LogP contribution in [-0.4, -0.2) is 19.3 Å². The van der Waals surface area contributed by atoms with Gasteiger partial charge in [0.2, 0.25) is 5.82 Å². The van der Waals surface area contributed by atoms with Crippen LogP contribution in [0.4, 0.5) is 8.78 Å². The zero-order valence-electron chi connectivity index (χ0n) is 19.8. The van der Waals surface area contributed by atoms with Crippen molar-refractivity contribution < 1.29 is 18.3 Å². The lowest BCUT2D eigenvalue weighted by Crippen LogP contribution is -2.37. The van der Waals surface area contributed by atoms with Gasteiger partial charge in [0.25, 0.3) is 0 Å². The molecule has 0 N–H and O–H groups in total. The van der Waals surface area contributed by atoms with E-state index in [1.807, 2.05) is 0 Å². The molecule has 3 fully saturated rings. The van der Waals surface area contributed by atoms with Crippen LogP contribution in [0.25, 0.3) is 0 Å². The van der Waals surface area contributed by atoms with Gasteiger partial charge < -0.3 is 9.47 Å². The second kappa shape index (κ2) is 11.1. The van der Waals surface area contributed by atoms with Gasteiger partial charge in [0.1, 0.15) is 0 Å². The fraction of sp³-hybridized carbons (Fsp3) is 0.714. The largest absolute Gasteiger partial charge is 0.491 e. The van der Waals surface area contributed by atoms with Crippen molar-refractivity contribution in [1.82, 2.24) is 0 Å². The molecule has 1 aromatic carbocycles. The van der Waals surface area contributed by atoms with E-state index in [1.54, 1.807) is 19.1 Å². The first-order chi connectivity index (χ1) is 15.6. The van der Waals surface area contributed by atoms with Gasteiger partial charge >= 0.3 is 0 Å². The molecule has 2 nitrogen and oxygen atoms in total. The summed E-state index contributed by atoms with van der Waals surface area (Å²) in [6.07, 6.45) is 16.8. The van der Waals surface area contributed by atoms with Crippen LogP contribution < -0.4 is 4.74 Å². The average molecular weight is 447 g/mol. The second-order valence-corrected chi connectivity index (χ2v) is 10.2. The predicted octanol–water partition coefficient (Wildman–Crippen LogP) is 7.82. The fourth-order valence-corrected chi connectivity index (χ4v) is 6.55. The lowest BCUT2D eigenvalue weighted by atomic mass is 9.71. The van der Waals surface area contributed by atoms with Gasteiger partial charge in [0.05, 0.1) is 19.3 Å². The molecule has 1 aromatic rings. The highest BCUT2D eigenvalue weighted by Crippen LogP contribution is 2.44. The number of rotatable bonds is 6. The highest BCUT2D eigenvalue weighted by molar-refractivity contribution is 5.33. The van der Waals surface area contributed by atoms with E-state index in [4.69, 9.17) is 9.47 Å². The summed E-state index contributed by atoms with van der Waals surface area (Å²) in [5, 5.41) is 0. The van der Waals surface area contributed by atoms with Crippen molar-refractivity contribution in [3.05, 3.63) is 41.5 Å². The van der Waals surface area contributed by atoms with Gasteiger partial charge in [-0.05, 0) is 119 Å². The first-order valence-electron chi connectivity index (χ1n) is 13.0. The zero-order valence-corrected chi connectivity index (χ0v) is 19.8. The summed E-state index contributed by atoms with van der Waals surface area (Å²) in [5.41, 5.74) is 0.526. The van der Waals surface area contributed by atoms with Crippen molar-refractivity contribution in [2.45, 2.75) is 90.1 Å². The third-order valence-corrected chi connectivity index (χ3v) is 8.41. The van der Waals surface area contributed by atoms with Crippen LogP contribution in [0.5, 0.6) is 5.75 Å². The molecule has 3 aliphatic rings. The molecule has 0 spiro atoms. The van der Waals surface area contributed by atoms with Crippen molar-refractivity contribution in [3.63, 3.8) is 0 Å². The Morgan fingerprint density at radius 3 is 2.19 bits per heavy atom. The van der Waals surface area contributed by atoms with E-state index in [-0.39, 0.29) is 11.7 Å². The molecular formula is C28H40F2O2. The Hall–Kier alpha value is -1.42. The van der Waals surface area contributed by atoms with E-state index in [2.05, 4.69) is 19.1 Å². The van der Waals surface area contributed by atoms with Crippen molar-refractivity contribution in [3.8, 4) is 5.75 Å². The van der Waals surface area contributed by atoms with E-state index in [9.17, 15) is 8.78 Å². The first kappa shape index (κ1) is 23.7. The minimum atomic E-state index is -0.835. The molecule has 0 amide bonds. The van der Waals surface area contributed by atoms with Crippen molar-refractivity contribution in [1.29, 1.82) is 0 Å². The summed E-state index contributed by atoms with van der Waals surface area (Å²) >= 11 is 0. The monoisotopic (exact) mass is 446 g/mol. The number of hydrogen-bond acceptors (Lipinski definition) is 2. The molecule has 2 saturated carbocycles. The maximum Gasteiger partial charge on any atom is 0.200 e. The van der Waals surface area contributed by atoms with E-state index in [0.717, 1.165) is 44.1 Å². The van der Waals surface area contributed by atoms with Gasteiger partial charge in [-0.1, -0.05) is 18.2 Å². The molecule has 1 saturated heterocycles. The maximum atomic E-state index is 14.6. The topological polar surface area (TPSA) is 18.5 Å². The van der Waals surface area contributed by atoms with Crippen LogP contribution in [0.2, 0.25) is 0 Å². The van der Waals surface area contributed by atoms with E-state index in [0.29, 0.717) is 30.1 Å². The van der Waals surface area contributed by atoms with Crippen molar-refractivity contribution in [2.75, 3.05) is 13.2 Å². The fourth-order valence-electron chi connectivity index (χ4n) is 6.55. The lowest BCUT2D eigenvalue weighted by molar-refractivity contribution is -0.0721. The molecule has 32 heavy (non-hydrogen) atoms. The second-order valence-electron chi connectivity index (χ2n) is 10.2. The number of allylic oxidation sites excluding steroid dienone is 2. The van der Waals surface area contributed by atoms with Crippen LogP contribution >= 0.6 is 0 Å². The minimum absolute atomic E-state index is 0.0201. The highest BCUT2D eigenvalue weighted by atomic mass is 19.2. The number of halogens is 2. The van der Waals surface area contributed by atoms with Crippen LogP contribution in [-0.2, 0) is 4.74 Å². The summed E-state index contributed by atoms with van der Waals surface area (Å²) < 4.78 is 40.5. The smallest absolute Gasteiger partial charge is 0.200 e. The van der Waals surface area contributed by atoms with Gasteiger partial charge in [-0.2, -0.15) is 4.39 Å². The Morgan fingerprint density at radius 1 is 0.875 bits per heavy atom.